The first-order chi connectivity index (χ1) is 8.00. The highest BCUT2D eigenvalue weighted by molar-refractivity contribution is 7.92. The van der Waals surface area contributed by atoms with Crippen molar-refractivity contribution >= 4 is 15.7 Å². The predicted molar refractivity (Wildman–Crippen MR) is 55.8 cm³/mol. The molecule has 5 nitrogen and oxygen atoms in total. The molecule has 2 N–H and O–H groups in total. The molecule has 1 heterocycles. The van der Waals surface area contributed by atoms with Crippen LogP contribution in [0.15, 0.2) is 35.7 Å². The average Bonchev–Trinajstić information content (AvgIpc) is 2.78. The van der Waals surface area contributed by atoms with Crippen molar-refractivity contribution < 1.29 is 17.2 Å². The van der Waals surface area contributed by atoms with Gasteiger partial charge in [0.1, 0.15) is 0 Å². The molecule has 0 aliphatic heterocycles. The Morgan fingerprint density at radius 1 is 1.29 bits per heavy atom. The molecule has 0 aliphatic rings. The van der Waals surface area contributed by atoms with Gasteiger partial charge in [-0.3, -0.25) is 4.72 Å². The van der Waals surface area contributed by atoms with E-state index < -0.39 is 27.3 Å². The number of aromatic amines is 1. The van der Waals surface area contributed by atoms with Gasteiger partial charge in [-0.15, -0.1) is 0 Å². The minimum atomic E-state index is -3.98. The van der Waals surface area contributed by atoms with Gasteiger partial charge in [-0.1, -0.05) is 6.07 Å². The lowest BCUT2D eigenvalue weighted by molar-refractivity contribution is 0.511. The van der Waals surface area contributed by atoms with Crippen molar-refractivity contribution in [2.45, 2.75) is 5.03 Å². The Morgan fingerprint density at radius 3 is 2.71 bits per heavy atom. The van der Waals surface area contributed by atoms with Gasteiger partial charge in [0, 0.05) is 0 Å². The van der Waals surface area contributed by atoms with Crippen molar-refractivity contribution in [1.29, 1.82) is 0 Å². The van der Waals surface area contributed by atoms with Crippen LogP contribution in [0.3, 0.4) is 0 Å². The fourth-order valence-corrected chi connectivity index (χ4v) is 2.14. The molecule has 0 atom stereocenters. The lowest BCUT2D eigenvalue weighted by Gasteiger charge is -2.07. The predicted octanol–water partition coefficient (Wildman–Crippen LogP) is 1.49. The maximum absolute atomic E-state index is 13.2. The lowest BCUT2D eigenvalue weighted by Crippen LogP contribution is -2.14. The summed E-state index contributed by atoms with van der Waals surface area (Å²) < 4.78 is 51.3. The third-order valence-corrected chi connectivity index (χ3v) is 3.25. The highest BCUT2D eigenvalue weighted by atomic mass is 32.2. The summed E-state index contributed by atoms with van der Waals surface area (Å²) in [4.78, 5) is 5.88. The number of H-pyrrole nitrogens is 1. The summed E-state index contributed by atoms with van der Waals surface area (Å²) in [5, 5.41) is -0.235. The van der Waals surface area contributed by atoms with Crippen molar-refractivity contribution in [3.63, 3.8) is 0 Å². The molecule has 0 fully saturated rings. The first-order valence-electron chi connectivity index (χ1n) is 4.46. The fourth-order valence-electron chi connectivity index (χ4n) is 1.17. The Morgan fingerprint density at radius 2 is 2.06 bits per heavy atom. The van der Waals surface area contributed by atoms with Gasteiger partial charge in [0.2, 0.25) is 0 Å². The van der Waals surface area contributed by atoms with E-state index in [1.165, 1.54) is 6.07 Å². The second-order valence-electron chi connectivity index (χ2n) is 3.12. The van der Waals surface area contributed by atoms with E-state index >= 15 is 0 Å². The maximum atomic E-state index is 13.2. The van der Waals surface area contributed by atoms with E-state index in [9.17, 15) is 17.2 Å². The van der Waals surface area contributed by atoms with Crippen molar-refractivity contribution in [2.24, 2.45) is 0 Å². The van der Waals surface area contributed by atoms with Crippen molar-refractivity contribution in [1.82, 2.24) is 9.97 Å². The fraction of sp³-hybridized carbons (Fsp3) is 0. The summed E-state index contributed by atoms with van der Waals surface area (Å²) in [5.74, 6) is -2.38. The summed E-state index contributed by atoms with van der Waals surface area (Å²) >= 11 is 0. The Labute approximate surface area is 95.6 Å². The van der Waals surface area contributed by atoms with Crippen LogP contribution in [-0.4, -0.2) is 18.4 Å². The van der Waals surface area contributed by atoms with Gasteiger partial charge in [0.15, 0.2) is 16.7 Å². The number of sulfonamides is 1. The number of hydrogen-bond donors (Lipinski definition) is 2. The standard InChI is InChI=1S/C9H7F2N3O2S/c10-6-2-1-3-7(9(6)11)14-17(15,16)8-4-12-5-13-8/h1-5,14H,(H,12,13). The summed E-state index contributed by atoms with van der Waals surface area (Å²) in [6.45, 7) is 0. The number of halogens is 2. The first kappa shape index (κ1) is 11.5. The van der Waals surface area contributed by atoms with Crippen LogP contribution in [0.4, 0.5) is 14.5 Å². The molecule has 2 aromatic rings. The third-order valence-electron chi connectivity index (χ3n) is 1.96. The van der Waals surface area contributed by atoms with Crippen LogP contribution in [-0.2, 0) is 10.0 Å². The molecule has 1 aromatic carbocycles. The molecule has 0 saturated heterocycles. The summed E-state index contributed by atoms with van der Waals surface area (Å²) in [6, 6.07) is 3.21. The second-order valence-corrected chi connectivity index (χ2v) is 4.77. The molecule has 1 aromatic heterocycles. The number of nitrogens with one attached hydrogen (secondary N) is 2. The molecule has 0 radical (unpaired) electrons. The smallest absolute Gasteiger partial charge is 0.279 e. The van der Waals surface area contributed by atoms with Gasteiger partial charge < -0.3 is 4.98 Å². The Balaban J connectivity index is 2.37. The van der Waals surface area contributed by atoms with Crippen LogP contribution in [0.1, 0.15) is 0 Å². The van der Waals surface area contributed by atoms with E-state index in [0.717, 1.165) is 24.7 Å². The number of aromatic nitrogens is 2. The van der Waals surface area contributed by atoms with E-state index in [-0.39, 0.29) is 5.03 Å². The van der Waals surface area contributed by atoms with E-state index in [4.69, 9.17) is 0 Å². The van der Waals surface area contributed by atoms with Gasteiger partial charge in [-0.05, 0) is 12.1 Å². The molecular weight excluding hydrogens is 252 g/mol. The molecule has 0 saturated carbocycles. The van der Waals surface area contributed by atoms with Gasteiger partial charge in [0.05, 0.1) is 18.2 Å². The summed E-state index contributed by atoms with van der Waals surface area (Å²) in [6.07, 6.45) is 2.22. The van der Waals surface area contributed by atoms with E-state index in [1.54, 1.807) is 0 Å². The van der Waals surface area contributed by atoms with Crippen LogP contribution >= 0.6 is 0 Å². The largest absolute Gasteiger partial charge is 0.334 e. The van der Waals surface area contributed by atoms with E-state index in [0.29, 0.717) is 0 Å². The van der Waals surface area contributed by atoms with Crippen LogP contribution in [0.2, 0.25) is 0 Å². The average molecular weight is 259 g/mol. The normalized spacial score (nSPS) is 11.4. The zero-order valence-corrected chi connectivity index (χ0v) is 9.13. The Bertz CT molecular complexity index is 626. The zero-order chi connectivity index (χ0) is 12.5. The third kappa shape index (κ3) is 2.26. The zero-order valence-electron chi connectivity index (χ0n) is 8.31. The monoisotopic (exact) mass is 259 g/mol. The molecule has 0 amide bonds. The van der Waals surface area contributed by atoms with Crippen molar-refractivity contribution in [3.8, 4) is 0 Å². The lowest BCUT2D eigenvalue weighted by atomic mass is 10.3. The van der Waals surface area contributed by atoms with E-state index in [2.05, 4.69) is 9.97 Å². The Kier molecular flexibility index (Phi) is 2.80. The van der Waals surface area contributed by atoms with Gasteiger partial charge >= 0.3 is 0 Å². The summed E-state index contributed by atoms with van der Waals surface area (Å²) in [7, 11) is -3.98. The topological polar surface area (TPSA) is 74.8 Å². The molecule has 17 heavy (non-hydrogen) atoms. The van der Waals surface area contributed by atoms with Crippen LogP contribution < -0.4 is 4.72 Å². The van der Waals surface area contributed by atoms with Crippen LogP contribution in [0.5, 0.6) is 0 Å². The minimum Gasteiger partial charge on any atom is -0.334 e. The second kappa shape index (κ2) is 4.13. The molecule has 2 rings (SSSR count). The highest BCUT2D eigenvalue weighted by Crippen LogP contribution is 2.19. The minimum absolute atomic E-state index is 0.235. The van der Waals surface area contributed by atoms with Crippen LogP contribution in [0.25, 0.3) is 0 Å². The Hall–Kier alpha value is -1.96. The van der Waals surface area contributed by atoms with Gasteiger partial charge in [0.25, 0.3) is 10.0 Å². The van der Waals surface area contributed by atoms with Crippen LogP contribution in [0, 0.1) is 11.6 Å². The number of anilines is 1. The SMILES string of the molecule is O=S(=O)(Nc1cccc(F)c1F)c1cnc[nH]1. The number of rotatable bonds is 3. The molecule has 0 bridgehead atoms. The van der Waals surface area contributed by atoms with E-state index in [1.807, 2.05) is 4.72 Å². The summed E-state index contributed by atoms with van der Waals surface area (Å²) in [5.41, 5.74) is -0.459. The number of hydrogen-bond acceptors (Lipinski definition) is 3. The van der Waals surface area contributed by atoms with Crippen molar-refractivity contribution in [3.05, 3.63) is 42.4 Å². The van der Waals surface area contributed by atoms with Gasteiger partial charge in [-0.25, -0.2) is 13.8 Å². The molecule has 8 heteroatoms. The first-order valence-corrected chi connectivity index (χ1v) is 5.94. The number of benzene rings is 1. The van der Waals surface area contributed by atoms with Gasteiger partial charge in [-0.2, -0.15) is 8.42 Å². The van der Waals surface area contributed by atoms with Crippen molar-refractivity contribution in [2.75, 3.05) is 4.72 Å². The maximum Gasteiger partial charge on any atom is 0.279 e. The molecule has 0 spiro atoms. The number of nitrogens with zero attached hydrogens (tertiary/aromatic N) is 1. The molecule has 90 valence electrons. The quantitative estimate of drug-likeness (QED) is 0.876. The molecule has 0 unspecified atom stereocenters. The number of imidazole rings is 1. The molecular formula is C9H7F2N3O2S. The highest BCUT2D eigenvalue weighted by Gasteiger charge is 2.18. The molecule has 0 aliphatic carbocycles.